The van der Waals surface area contributed by atoms with Crippen LogP contribution in [0.15, 0.2) is 36.5 Å². The molecular formula is C20H22N4O2. The first-order valence-corrected chi connectivity index (χ1v) is 8.85. The van der Waals surface area contributed by atoms with Gasteiger partial charge in [0.05, 0.1) is 17.8 Å². The van der Waals surface area contributed by atoms with Crippen LogP contribution in [0.1, 0.15) is 54.7 Å². The molecule has 1 aromatic carbocycles. The summed E-state index contributed by atoms with van der Waals surface area (Å²) in [6.07, 6.45) is 4.93. The van der Waals surface area contributed by atoms with Crippen molar-refractivity contribution in [1.29, 1.82) is 5.26 Å². The number of benzene rings is 1. The van der Waals surface area contributed by atoms with Crippen LogP contribution in [-0.4, -0.2) is 26.1 Å². The molecule has 0 bridgehead atoms. The van der Waals surface area contributed by atoms with E-state index in [1.165, 1.54) is 4.90 Å². The average Bonchev–Trinajstić information content (AvgIpc) is 2.67. The highest BCUT2D eigenvalue weighted by Crippen LogP contribution is 2.42. The van der Waals surface area contributed by atoms with E-state index in [1.807, 2.05) is 37.3 Å². The average molecular weight is 350 g/mol. The van der Waals surface area contributed by atoms with E-state index < -0.39 is 11.6 Å². The highest BCUT2D eigenvalue weighted by Gasteiger charge is 2.44. The Bertz CT molecular complexity index is 838. The Morgan fingerprint density at radius 2 is 2.00 bits per heavy atom. The minimum absolute atomic E-state index is 0.0775. The van der Waals surface area contributed by atoms with Gasteiger partial charge < -0.3 is 5.11 Å². The van der Waals surface area contributed by atoms with Gasteiger partial charge in [0.15, 0.2) is 0 Å². The number of aromatic nitrogens is 2. The maximum atomic E-state index is 12.3. The van der Waals surface area contributed by atoms with Gasteiger partial charge in [-0.15, -0.1) is 0 Å². The summed E-state index contributed by atoms with van der Waals surface area (Å²) in [7, 11) is 0. The summed E-state index contributed by atoms with van der Waals surface area (Å²) < 4.78 is 0. The van der Waals surface area contributed by atoms with E-state index in [9.17, 15) is 9.90 Å². The lowest BCUT2D eigenvalue weighted by Gasteiger charge is -2.44. The summed E-state index contributed by atoms with van der Waals surface area (Å²) in [5.41, 5.74) is 1.94. The monoisotopic (exact) mass is 350 g/mol. The first kappa shape index (κ1) is 17.9. The van der Waals surface area contributed by atoms with Gasteiger partial charge in [0.25, 0.3) is 0 Å². The van der Waals surface area contributed by atoms with Crippen LogP contribution in [0.3, 0.4) is 0 Å². The second kappa shape index (κ2) is 7.52. The van der Waals surface area contributed by atoms with Crippen LogP contribution in [-0.2, 0) is 12.1 Å². The van der Waals surface area contributed by atoms with Crippen LogP contribution in [0.5, 0.6) is 0 Å². The summed E-state index contributed by atoms with van der Waals surface area (Å²) in [5, 5.41) is 19.2. The van der Waals surface area contributed by atoms with Crippen molar-refractivity contribution in [2.45, 2.75) is 51.1 Å². The van der Waals surface area contributed by atoms with Crippen molar-refractivity contribution in [3.05, 3.63) is 59.2 Å². The number of nitriles is 1. The van der Waals surface area contributed by atoms with E-state index in [0.717, 1.165) is 30.4 Å². The third-order valence-electron chi connectivity index (χ3n) is 5.25. The third kappa shape index (κ3) is 3.38. The van der Waals surface area contributed by atoms with Crippen LogP contribution in [0.25, 0.3) is 0 Å². The fourth-order valence-electron chi connectivity index (χ4n) is 3.83. The number of carboxylic acid groups (broad SMARTS) is 1. The predicted octanol–water partition coefficient (Wildman–Crippen LogP) is 4.00. The quantitative estimate of drug-likeness (QED) is 0.900. The molecule has 0 radical (unpaired) electrons. The minimum atomic E-state index is -0.965. The third-order valence-corrected chi connectivity index (χ3v) is 5.25. The van der Waals surface area contributed by atoms with Crippen molar-refractivity contribution in [2.75, 3.05) is 0 Å². The Kier molecular flexibility index (Phi) is 5.17. The molecule has 1 aliphatic carbocycles. The largest absolute Gasteiger partial charge is 0.465 e. The van der Waals surface area contributed by atoms with Crippen molar-refractivity contribution in [3.63, 3.8) is 0 Å². The van der Waals surface area contributed by atoms with Crippen molar-refractivity contribution >= 4 is 6.09 Å². The zero-order chi connectivity index (χ0) is 18.6. The summed E-state index contributed by atoms with van der Waals surface area (Å²) >= 11 is 0. The van der Waals surface area contributed by atoms with E-state index >= 15 is 0 Å². The normalized spacial score (nSPS) is 15.8. The number of hydrogen-bond donors (Lipinski definition) is 1. The van der Waals surface area contributed by atoms with Crippen LogP contribution < -0.4 is 0 Å². The van der Waals surface area contributed by atoms with Gasteiger partial charge >= 0.3 is 6.09 Å². The van der Waals surface area contributed by atoms with Crippen LogP contribution in [0.2, 0.25) is 0 Å². The lowest BCUT2D eigenvalue weighted by Crippen LogP contribution is -2.50. The fourth-order valence-corrected chi connectivity index (χ4v) is 3.83. The fraction of sp³-hybridized carbons (Fsp3) is 0.400. The molecule has 26 heavy (non-hydrogen) atoms. The molecule has 1 heterocycles. The zero-order valence-corrected chi connectivity index (χ0v) is 14.9. The highest BCUT2D eigenvalue weighted by atomic mass is 16.4. The van der Waals surface area contributed by atoms with E-state index in [4.69, 9.17) is 5.26 Å². The molecule has 6 nitrogen and oxygen atoms in total. The molecular weight excluding hydrogens is 328 g/mol. The molecule has 1 saturated carbocycles. The van der Waals surface area contributed by atoms with Gasteiger partial charge in [0.1, 0.15) is 6.07 Å². The van der Waals surface area contributed by atoms with Gasteiger partial charge in [0, 0.05) is 6.20 Å². The standard InChI is InChI=1S/C20H22N4O2/c1-15-7-3-4-8-16(15)14-24(19(25)26)20(10-5-2-6-11-20)17-9-12-22-18(13-21)23-17/h3-4,7-9,12H,2,5-6,10-11,14H2,1H3,(H,25,26). The van der Waals surface area contributed by atoms with Crippen molar-refractivity contribution in [3.8, 4) is 6.07 Å². The van der Waals surface area contributed by atoms with Gasteiger partial charge in [-0.1, -0.05) is 43.5 Å². The van der Waals surface area contributed by atoms with Gasteiger partial charge in [-0.05, 0) is 37.0 Å². The maximum absolute atomic E-state index is 12.3. The molecule has 1 amide bonds. The summed E-state index contributed by atoms with van der Waals surface area (Å²) in [6, 6.07) is 11.5. The zero-order valence-electron chi connectivity index (χ0n) is 14.9. The molecule has 1 aliphatic rings. The van der Waals surface area contributed by atoms with Gasteiger partial charge in [-0.2, -0.15) is 5.26 Å². The Labute approximate surface area is 153 Å². The molecule has 2 aromatic rings. The smallest absolute Gasteiger partial charge is 0.408 e. The Balaban J connectivity index is 2.07. The number of aryl methyl sites for hydroxylation is 1. The maximum Gasteiger partial charge on any atom is 0.408 e. The molecule has 1 aromatic heterocycles. The Morgan fingerprint density at radius 3 is 2.65 bits per heavy atom. The molecule has 0 spiro atoms. The molecule has 6 heteroatoms. The van der Waals surface area contributed by atoms with Gasteiger partial charge in [-0.25, -0.2) is 14.8 Å². The van der Waals surface area contributed by atoms with Crippen molar-refractivity contribution in [1.82, 2.24) is 14.9 Å². The number of hydrogen-bond acceptors (Lipinski definition) is 4. The second-order valence-corrected chi connectivity index (χ2v) is 6.76. The molecule has 0 aliphatic heterocycles. The molecule has 0 saturated heterocycles. The number of carbonyl (C=O) groups is 1. The van der Waals surface area contributed by atoms with Crippen LogP contribution in [0, 0.1) is 18.3 Å². The Morgan fingerprint density at radius 1 is 1.27 bits per heavy atom. The van der Waals surface area contributed by atoms with Crippen LogP contribution in [0.4, 0.5) is 4.79 Å². The van der Waals surface area contributed by atoms with Crippen molar-refractivity contribution < 1.29 is 9.90 Å². The van der Waals surface area contributed by atoms with E-state index in [1.54, 1.807) is 12.3 Å². The summed E-state index contributed by atoms with van der Waals surface area (Å²) in [6.45, 7) is 2.29. The van der Waals surface area contributed by atoms with Gasteiger partial charge in [0.2, 0.25) is 5.82 Å². The van der Waals surface area contributed by atoms with E-state index in [2.05, 4.69) is 9.97 Å². The molecule has 1 fully saturated rings. The lowest BCUT2D eigenvalue weighted by atomic mass is 9.77. The second-order valence-electron chi connectivity index (χ2n) is 6.76. The first-order chi connectivity index (χ1) is 12.6. The summed E-state index contributed by atoms with van der Waals surface area (Å²) in [5.74, 6) is 0.0775. The minimum Gasteiger partial charge on any atom is -0.465 e. The number of amides is 1. The van der Waals surface area contributed by atoms with Gasteiger partial charge in [-0.3, -0.25) is 4.90 Å². The van der Waals surface area contributed by atoms with Crippen LogP contribution >= 0.6 is 0 Å². The lowest BCUT2D eigenvalue weighted by molar-refractivity contribution is 0.0383. The topological polar surface area (TPSA) is 90.1 Å². The first-order valence-electron chi connectivity index (χ1n) is 8.85. The molecule has 0 unspecified atom stereocenters. The molecule has 3 rings (SSSR count). The summed E-state index contributed by atoms with van der Waals surface area (Å²) in [4.78, 5) is 22.1. The molecule has 1 N–H and O–H groups in total. The Hall–Kier alpha value is -2.94. The van der Waals surface area contributed by atoms with E-state index in [-0.39, 0.29) is 5.82 Å². The highest BCUT2D eigenvalue weighted by molar-refractivity contribution is 5.67. The van der Waals surface area contributed by atoms with Crippen molar-refractivity contribution in [2.24, 2.45) is 0 Å². The SMILES string of the molecule is Cc1ccccc1CN(C(=O)O)C1(c2ccnc(C#N)n2)CCCCC1. The molecule has 0 atom stereocenters. The molecule has 134 valence electrons. The number of nitrogens with zero attached hydrogens (tertiary/aromatic N) is 4. The number of rotatable bonds is 4. The predicted molar refractivity (Wildman–Crippen MR) is 96.3 cm³/mol. The van der Waals surface area contributed by atoms with E-state index in [0.29, 0.717) is 25.1 Å².